The first-order valence-electron chi connectivity index (χ1n) is 7.04. The Bertz CT molecular complexity index is 638. The minimum Gasteiger partial charge on any atom is -0.341 e. The lowest BCUT2D eigenvalue weighted by Gasteiger charge is -2.32. The predicted molar refractivity (Wildman–Crippen MR) is 94.8 cm³/mol. The quantitative estimate of drug-likeness (QED) is 0.380. The van der Waals surface area contributed by atoms with Crippen LogP contribution in [-0.2, 0) is 15.8 Å². The van der Waals surface area contributed by atoms with Crippen LogP contribution in [0.1, 0.15) is 29.8 Å². The van der Waals surface area contributed by atoms with Gasteiger partial charge in [-0.2, -0.15) is 0 Å². The Kier molecular flexibility index (Phi) is 7.86. The van der Waals surface area contributed by atoms with Gasteiger partial charge in [0.05, 0.1) is 6.42 Å². The van der Waals surface area contributed by atoms with Crippen LogP contribution < -0.4 is 10.6 Å². The normalized spacial score (nSPS) is 19.7. The van der Waals surface area contributed by atoms with Crippen LogP contribution in [0.2, 0.25) is 0 Å². The standard InChI is InChI=1S/C12H20N3O4PS2.ClH/c1-7-9(22-12(21)14-7)6-10(16)15-11(20(17,18)19)8-4-2-3-5-13-8;/h8,11,13H,2-6H2,1H3,(H,14,21)(H,15,16)(H2,17,18,19);1H. The number of hydrogen-bond acceptors (Lipinski definition) is 5. The van der Waals surface area contributed by atoms with Gasteiger partial charge in [0.2, 0.25) is 5.91 Å². The summed E-state index contributed by atoms with van der Waals surface area (Å²) in [5, 5.41) is 5.59. The second kappa shape index (κ2) is 8.71. The summed E-state index contributed by atoms with van der Waals surface area (Å²) < 4.78 is 12.3. The van der Waals surface area contributed by atoms with E-state index in [1.807, 2.05) is 6.92 Å². The van der Waals surface area contributed by atoms with Gasteiger partial charge in [-0.25, -0.2) is 0 Å². The molecule has 132 valence electrons. The zero-order valence-electron chi connectivity index (χ0n) is 12.6. The molecule has 1 saturated heterocycles. The number of piperidine rings is 1. The fourth-order valence-corrected chi connectivity index (χ4v) is 4.86. The molecule has 1 amide bonds. The van der Waals surface area contributed by atoms with Crippen molar-refractivity contribution in [3.05, 3.63) is 14.5 Å². The van der Waals surface area contributed by atoms with Gasteiger partial charge in [0.25, 0.3) is 0 Å². The number of amides is 1. The maximum absolute atomic E-state index is 12.2. The third-order valence-electron chi connectivity index (χ3n) is 3.65. The fourth-order valence-electron chi connectivity index (χ4n) is 2.53. The summed E-state index contributed by atoms with van der Waals surface area (Å²) in [6.45, 7) is 2.52. The lowest BCUT2D eigenvalue weighted by molar-refractivity contribution is -0.121. The smallest absolute Gasteiger partial charge is 0.341 e. The van der Waals surface area contributed by atoms with Crippen molar-refractivity contribution in [2.75, 3.05) is 6.54 Å². The molecule has 0 aliphatic carbocycles. The Morgan fingerprint density at radius 3 is 2.70 bits per heavy atom. The van der Waals surface area contributed by atoms with Crippen molar-refractivity contribution in [1.82, 2.24) is 15.6 Å². The number of rotatable bonds is 5. The first-order valence-corrected chi connectivity index (χ1v) is 9.94. The SMILES string of the molecule is Cc1[nH]c(=S)sc1CC(=O)NC(C1CCCCN1)P(=O)(O)O.Cl. The predicted octanol–water partition coefficient (Wildman–Crippen LogP) is 1.84. The van der Waals surface area contributed by atoms with Crippen LogP contribution in [0.15, 0.2) is 0 Å². The molecule has 1 aliphatic heterocycles. The lowest BCUT2D eigenvalue weighted by atomic mass is 10.0. The van der Waals surface area contributed by atoms with Crippen molar-refractivity contribution in [3.63, 3.8) is 0 Å². The minimum atomic E-state index is -4.43. The van der Waals surface area contributed by atoms with Gasteiger partial charge < -0.3 is 25.4 Å². The molecule has 5 N–H and O–H groups in total. The molecule has 2 heterocycles. The highest BCUT2D eigenvalue weighted by Gasteiger charge is 2.38. The number of thiazole rings is 1. The maximum atomic E-state index is 12.2. The van der Waals surface area contributed by atoms with Crippen molar-refractivity contribution in [2.24, 2.45) is 0 Å². The topological polar surface area (TPSA) is 114 Å². The molecule has 0 spiro atoms. The van der Waals surface area contributed by atoms with Gasteiger partial charge in [0, 0.05) is 16.6 Å². The van der Waals surface area contributed by atoms with E-state index in [0.29, 0.717) is 16.9 Å². The van der Waals surface area contributed by atoms with Crippen LogP contribution in [-0.4, -0.2) is 39.0 Å². The Labute approximate surface area is 149 Å². The van der Waals surface area contributed by atoms with Crippen molar-refractivity contribution in [1.29, 1.82) is 0 Å². The van der Waals surface area contributed by atoms with Crippen LogP contribution in [0.5, 0.6) is 0 Å². The average molecular weight is 402 g/mol. The van der Waals surface area contributed by atoms with Gasteiger partial charge in [-0.3, -0.25) is 9.36 Å². The number of aromatic nitrogens is 1. The van der Waals surface area contributed by atoms with Gasteiger partial charge in [-0.1, -0.05) is 6.42 Å². The van der Waals surface area contributed by atoms with E-state index in [2.05, 4.69) is 15.6 Å². The Hall–Kier alpha value is -0.280. The van der Waals surface area contributed by atoms with Gasteiger partial charge in [0.1, 0.15) is 5.78 Å². The molecule has 11 heteroatoms. The molecule has 1 aromatic heterocycles. The second-order valence-electron chi connectivity index (χ2n) is 5.40. The molecule has 23 heavy (non-hydrogen) atoms. The number of nitrogens with one attached hydrogen (secondary N) is 3. The number of carbonyl (C=O) groups excluding carboxylic acids is 1. The second-order valence-corrected chi connectivity index (χ2v) is 8.90. The van der Waals surface area contributed by atoms with E-state index >= 15 is 0 Å². The van der Waals surface area contributed by atoms with Crippen molar-refractivity contribution >= 4 is 49.5 Å². The molecule has 0 radical (unpaired) electrons. The van der Waals surface area contributed by atoms with E-state index in [1.54, 1.807) is 0 Å². The molecule has 2 unspecified atom stereocenters. The summed E-state index contributed by atoms with van der Waals surface area (Å²) in [5.74, 6) is -1.60. The Morgan fingerprint density at radius 2 is 2.22 bits per heavy atom. The zero-order chi connectivity index (χ0) is 16.3. The first kappa shape index (κ1) is 20.8. The largest absolute Gasteiger partial charge is 0.349 e. The highest BCUT2D eigenvalue weighted by atomic mass is 35.5. The summed E-state index contributed by atoms with van der Waals surface area (Å²) >= 11 is 6.32. The highest BCUT2D eigenvalue weighted by Crippen LogP contribution is 2.42. The minimum absolute atomic E-state index is 0. The van der Waals surface area contributed by atoms with E-state index in [1.165, 1.54) is 11.3 Å². The molecule has 2 rings (SSSR count). The molecular weight excluding hydrogens is 381 g/mol. The molecule has 1 fully saturated rings. The van der Waals surface area contributed by atoms with E-state index in [4.69, 9.17) is 12.2 Å². The van der Waals surface area contributed by atoms with Crippen molar-refractivity contribution in [3.8, 4) is 0 Å². The first-order chi connectivity index (χ1) is 10.3. The van der Waals surface area contributed by atoms with E-state index in [9.17, 15) is 19.1 Å². The van der Waals surface area contributed by atoms with Crippen molar-refractivity contribution < 1.29 is 19.1 Å². The molecule has 0 aromatic carbocycles. The van der Waals surface area contributed by atoms with Gasteiger partial charge in [0.15, 0.2) is 3.95 Å². The summed E-state index contributed by atoms with van der Waals surface area (Å²) in [6, 6.07) is -0.399. The molecule has 1 aromatic rings. The third kappa shape index (κ3) is 5.94. The average Bonchev–Trinajstić information content (AvgIpc) is 2.74. The lowest BCUT2D eigenvalue weighted by Crippen LogP contribution is -2.51. The summed E-state index contributed by atoms with van der Waals surface area (Å²) in [7, 11) is -4.43. The van der Waals surface area contributed by atoms with Gasteiger partial charge in [-0.05, 0) is 38.5 Å². The number of hydrogen-bond donors (Lipinski definition) is 5. The van der Waals surface area contributed by atoms with E-state index < -0.39 is 25.3 Å². The van der Waals surface area contributed by atoms with Crippen molar-refractivity contribution in [2.45, 2.75) is 44.4 Å². The number of carbonyl (C=O) groups is 1. The van der Waals surface area contributed by atoms with Crippen LogP contribution in [0, 0.1) is 10.9 Å². The van der Waals surface area contributed by atoms with Crippen LogP contribution in [0.3, 0.4) is 0 Å². The molecule has 0 saturated carbocycles. The summed E-state index contributed by atoms with van der Waals surface area (Å²) in [4.78, 5) is 35.0. The molecule has 1 aliphatic rings. The van der Waals surface area contributed by atoms with E-state index in [0.717, 1.165) is 23.4 Å². The summed E-state index contributed by atoms with van der Waals surface area (Å²) in [5.41, 5.74) is 0.814. The highest BCUT2D eigenvalue weighted by molar-refractivity contribution is 7.73. The zero-order valence-corrected chi connectivity index (χ0v) is 15.9. The fraction of sp³-hybridized carbons (Fsp3) is 0.667. The molecule has 7 nitrogen and oxygen atoms in total. The Balaban J connectivity index is 0.00000264. The Morgan fingerprint density at radius 1 is 1.52 bits per heavy atom. The monoisotopic (exact) mass is 401 g/mol. The number of aryl methyl sites for hydroxylation is 1. The molecule has 0 bridgehead atoms. The van der Waals surface area contributed by atoms with Crippen LogP contribution in [0.25, 0.3) is 0 Å². The van der Waals surface area contributed by atoms with Gasteiger partial charge in [-0.15, -0.1) is 23.7 Å². The number of halogens is 1. The van der Waals surface area contributed by atoms with Gasteiger partial charge >= 0.3 is 7.60 Å². The maximum Gasteiger partial charge on any atom is 0.349 e. The molecule has 2 atom stereocenters. The van der Waals surface area contributed by atoms with Crippen LogP contribution in [0.4, 0.5) is 0 Å². The van der Waals surface area contributed by atoms with Crippen LogP contribution >= 0.6 is 43.6 Å². The third-order valence-corrected chi connectivity index (χ3v) is 6.20. The number of aromatic amines is 1. The molecular formula is C12H21ClN3O4PS2. The van der Waals surface area contributed by atoms with E-state index in [-0.39, 0.29) is 18.8 Å². The number of H-pyrrole nitrogens is 1. The summed E-state index contributed by atoms with van der Waals surface area (Å²) in [6.07, 6.45) is 2.57.